The average Bonchev–Trinajstić information content (AvgIpc) is 2.50. The first-order valence-corrected chi connectivity index (χ1v) is 5.50. The van der Waals surface area contributed by atoms with Crippen molar-refractivity contribution in [3.05, 3.63) is 32.5 Å². The molecule has 0 fully saturated rings. The number of hydrogen-bond donors (Lipinski definition) is 0. The molecule has 0 atom stereocenters. The Hall–Kier alpha value is -0.490. The van der Waals surface area contributed by atoms with Gasteiger partial charge < -0.3 is 0 Å². The van der Waals surface area contributed by atoms with Crippen molar-refractivity contribution in [2.45, 2.75) is 0 Å². The van der Waals surface area contributed by atoms with E-state index in [9.17, 15) is 9.18 Å². The van der Waals surface area contributed by atoms with Crippen molar-refractivity contribution in [2.75, 3.05) is 0 Å². The van der Waals surface area contributed by atoms with E-state index >= 15 is 0 Å². The lowest BCUT2D eigenvalue weighted by Gasteiger charge is -1.95. The Bertz CT molecular complexity index is 478. The second-order valence-electron chi connectivity index (χ2n) is 2.55. The quantitative estimate of drug-likeness (QED) is 0.582. The molecule has 0 saturated carbocycles. The lowest BCUT2D eigenvalue weighted by molar-refractivity contribution is 0.112. The van der Waals surface area contributed by atoms with Gasteiger partial charge in [0, 0.05) is 14.3 Å². The predicted molar refractivity (Wildman–Crippen MR) is 59.9 cm³/mol. The van der Waals surface area contributed by atoms with Gasteiger partial charge in [-0.2, -0.15) is 0 Å². The highest BCUT2D eigenvalue weighted by atomic mass is 127. The predicted octanol–water partition coefficient (Wildman–Crippen LogP) is 3.46. The van der Waals surface area contributed by atoms with Gasteiger partial charge in [-0.3, -0.25) is 4.79 Å². The summed E-state index contributed by atoms with van der Waals surface area (Å²) in [5, 5.41) is 2.76. The highest BCUT2D eigenvalue weighted by molar-refractivity contribution is 14.1. The summed E-state index contributed by atoms with van der Waals surface area (Å²) in [6, 6.07) is 3.29. The van der Waals surface area contributed by atoms with Crippen LogP contribution in [0.3, 0.4) is 0 Å². The van der Waals surface area contributed by atoms with Crippen LogP contribution in [0.5, 0.6) is 0 Å². The zero-order valence-electron chi connectivity index (χ0n) is 6.38. The number of halogens is 2. The van der Waals surface area contributed by atoms with Crippen LogP contribution in [0.15, 0.2) is 17.5 Å². The van der Waals surface area contributed by atoms with Gasteiger partial charge in [0.15, 0.2) is 12.1 Å². The Morgan fingerprint density at radius 1 is 1.46 bits per heavy atom. The molecule has 13 heavy (non-hydrogen) atoms. The molecule has 2 rings (SSSR count). The first-order valence-electron chi connectivity index (χ1n) is 3.54. The van der Waals surface area contributed by atoms with Crippen LogP contribution in [0.1, 0.15) is 10.4 Å². The Morgan fingerprint density at radius 3 is 2.92 bits per heavy atom. The van der Waals surface area contributed by atoms with Crippen molar-refractivity contribution >= 4 is 50.3 Å². The standard InChI is InChI=1S/C9H4FIOS/c10-8-5(3-12)1-2-6-7(11)4-13-9(6)8/h1-4H. The van der Waals surface area contributed by atoms with Crippen molar-refractivity contribution in [1.29, 1.82) is 0 Å². The number of fused-ring (bicyclic) bond motifs is 1. The zero-order valence-corrected chi connectivity index (χ0v) is 9.36. The summed E-state index contributed by atoms with van der Waals surface area (Å²) in [7, 11) is 0. The number of carbonyl (C=O) groups excluding carboxylic acids is 1. The molecule has 1 heterocycles. The first kappa shape index (κ1) is 9.08. The molecule has 0 spiro atoms. The molecule has 0 amide bonds. The number of rotatable bonds is 1. The van der Waals surface area contributed by atoms with Crippen molar-refractivity contribution in [1.82, 2.24) is 0 Å². The van der Waals surface area contributed by atoms with Gasteiger partial charge in [0.2, 0.25) is 0 Å². The fraction of sp³-hybridized carbons (Fsp3) is 0. The van der Waals surface area contributed by atoms with E-state index in [2.05, 4.69) is 22.6 Å². The van der Waals surface area contributed by atoms with Gasteiger partial charge in [-0.05, 0) is 28.7 Å². The smallest absolute Gasteiger partial charge is 0.153 e. The Morgan fingerprint density at radius 2 is 2.23 bits per heavy atom. The molecule has 0 aliphatic heterocycles. The van der Waals surface area contributed by atoms with Crippen molar-refractivity contribution < 1.29 is 9.18 Å². The van der Waals surface area contributed by atoms with Crippen LogP contribution < -0.4 is 0 Å². The molecule has 1 aromatic heterocycles. The molecule has 0 radical (unpaired) electrons. The second kappa shape index (κ2) is 3.34. The summed E-state index contributed by atoms with van der Waals surface area (Å²) in [5.74, 6) is -0.402. The topological polar surface area (TPSA) is 17.1 Å². The maximum atomic E-state index is 13.5. The Kier molecular flexibility index (Phi) is 2.33. The first-order chi connectivity index (χ1) is 6.24. The molecular weight excluding hydrogens is 302 g/mol. The van der Waals surface area contributed by atoms with Crippen LogP contribution in [0.25, 0.3) is 10.1 Å². The molecule has 1 aromatic carbocycles. The summed E-state index contributed by atoms with van der Waals surface area (Å²) < 4.78 is 15.0. The van der Waals surface area contributed by atoms with Crippen LogP contribution in [0.2, 0.25) is 0 Å². The van der Waals surface area contributed by atoms with E-state index in [0.717, 1.165) is 8.96 Å². The molecule has 66 valence electrons. The highest BCUT2D eigenvalue weighted by Gasteiger charge is 2.09. The van der Waals surface area contributed by atoms with E-state index in [4.69, 9.17) is 0 Å². The molecule has 0 bridgehead atoms. The minimum atomic E-state index is -0.402. The molecule has 1 nitrogen and oxygen atoms in total. The molecule has 0 saturated heterocycles. The SMILES string of the molecule is O=Cc1ccc2c(I)csc2c1F. The zero-order chi connectivity index (χ0) is 9.42. The van der Waals surface area contributed by atoms with E-state index in [-0.39, 0.29) is 5.56 Å². The minimum absolute atomic E-state index is 0.130. The number of thiophene rings is 1. The van der Waals surface area contributed by atoms with E-state index in [1.807, 2.05) is 5.38 Å². The fourth-order valence-electron chi connectivity index (χ4n) is 1.14. The summed E-state index contributed by atoms with van der Waals surface area (Å²) in [5.41, 5.74) is 0.130. The summed E-state index contributed by atoms with van der Waals surface area (Å²) >= 11 is 3.48. The Labute approximate surface area is 91.7 Å². The third-order valence-electron chi connectivity index (χ3n) is 1.79. The molecular formula is C9H4FIOS. The van der Waals surface area contributed by atoms with E-state index in [1.165, 1.54) is 17.4 Å². The lowest BCUT2D eigenvalue weighted by atomic mass is 10.2. The van der Waals surface area contributed by atoms with Crippen molar-refractivity contribution in [3.63, 3.8) is 0 Å². The van der Waals surface area contributed by atoms with Gasteiger partial charge >= 0.3 is 0 Å². The largest absolute Gasteiger partial charge is 0.298 e. The van der Waals surface area contributed by atoms with Gasteiger partial charge in [0.1, 0.15) is 0 Å². The van der Waals surface area contributed by atoms with Crippen molar-refractivity contribution in [3.8, 4) is 0 Å². The number of benzene rings is 1. The molecule has 2 aromatic rings. The monoisotopic (exact) mass is 306 g/mol. The summed E-state index contributed by atoms with van der Waals surface area (Å²) in [6.45, 7) is 0. The van der Waals surface area contributed by atoms with Gasteiger partial charge in [-0.15, -0.1) is 11.3 Å². The van der Waals surface area contributed by atoms with Crippen LogP contribution in [0, 0.1) is 9.39 Å². The van der Waals surface area contributed by atoms with Crippen LogP contribution in [-0.2, 0) is 0 Å². The Balaban J connectivity index is 2.87. The second-order valence-corrected chi connectivity index (χ2v) is 4.59. The van der Waals surface area contributed by atoms with Gasteiger partial charge in [0.25, 0.3) is 0 Å². The molecule has 0 aliphatic carbocycles. The van der Waals surface area contributed by atoms with Crippen LogP contribution in [-0.4, -0.2) is 6.29 Å². The summed E-state index contributed by atoms with van der Waals surface area (Å²) in [6.07, 6.45) is 0.543. The van der Waals surface area contributed by atoms with Crippen LogP contribution in [0.4, 0.5) is 4.39 Å². The number of carbonyl (C=O) groups is 1. The van der Waals surface area contributed by atoms with E-state index < -0.39 is 5.82 Å². The average molecular weight is 306 g/mol. The van der Waals surface area contributed by atoms with Gasteiger partial charge in [-0.25, -0.2) is 4.39 Å². The third kappa shape index (κ3) is 1.38. The van der Waals surface area contributed by atoms with Crippen molar-refractivity contribution in [2.24, 2.45) is 0 Å². The maximum Gasteiger partial charge on any atom is 0.153 e. The molecule has 0 aliphatic rings. The lowest BCUT2D eigenvalue weighted by Crippen LogP contribution is -1.86. The molecule has 0 unspecified atom stereocenters. The van der Waals surface area contributed by atoms with E-state index in [1.54, 1.807) is 6.07 Å². The number of aldehydes is 1. The minimum Gasteiger partial charge on any atom is -0.298 e. The van der Waals surface area contributed by atoms with Crippen LogP contribution >= 0.6 is 33.9 Å². The third-order valence-corrected chi connectivity index (χ3v) is 4.10. The molecule has 0 N–H and O–H groups in total. The maximum absolute atomic E-state index is 13.5. The summed E-state index contributed by atoms with van der Waals surface area (Å²) in [4.78, 5) is 10.4. The van der Waals surface area contributed by atoms with E-state index in [0.29, 0.717) is 11.0 Å². The fourth-order valence-corrected chi connectivity index (χ4v) is 3.03. The highest BCUT2D eigenvalue weighted by Crippen LogP contribution is 2.30. The van der Waals surface area contributed by atoms with Gasteiger partial charge in [-0.1, -0.05) is 6.07 Å². The van der Waals surface area contributed by atoms with Gasteiger partial charge in [0.05, 0.1) is 10.3 Å². The molecule has 4 heteroatoms. The number of hydrogen-bond acceptors (Lipinski definition) is 2. The normalized spacial score (nSPS) is 10.6.